The fourth-order valence-corrected chi connectivity index (χ4v) is 1.76. The van der Waals surface area contributed by atoms with Gasteiger partial charge in [0, 0.05) is 17.8 Å². The van der Waals surface area contributed by atoms with Crippen LogP contribution in [0, 0.1) is 5.92 Å². The van der Waals surface area contributed by atoms with Crippen LogP contribution >= 0.6 is 15.9 Å². The summed E-state index contributed by atoms with van der Waals surface area (Å²) in [5, 5.41) is 2.98. The van der Waals surface area contributed by atoms with E-state index in [0.29, 0.717) is 17.2 Å². The van der Waals surface area contributed by atoms with Crippen LogP contribution in [0.2, 0.25) is 0 Å². The van der Waals surface area contributed by atoms with E-state index in [4.69, 9.17) is 0 Å². The lowest BCUT2D eigenvalue weighted by molar-refractivity contribution is -0.121. The second-order valence-electron chi connectivity index (χ2n) is 5.08. The van der Waals surface area contributed by atoms with Gasteiger partial charge in [-0.05, 0) is 12.3 Å². The van der Waals surface area contributed by atoms with Gasteiger partial charge in [0.05, 0.1) is 0 Å². The molecule has 0 aliphatic carbocycles. The molecule has 0 aliphatic rings. The SMILES string of the molecule is CCCCCCCCC(=O)NCC(Br)C(C)C. The second kappa shape index (κ2) is 11.1. The number of hydrogen-bond acceptors (Lipinski definition) is 1. The average Bonchev–Trinajstić information content (AvgIpc) is 2.30. The van der Waals surface area contributed by atoms with E-state index in [1.165, 1.54) is 32.1 Å². The van der Waals surface area contributed by atoms with E-state index in [9.17, 15) is 4.79 Å². The van der Waals surface area contributed by atoms with Crippen molar-refractivity contribution in [1.29, 1.82) is 0 Å². The highest BCUT2D eigenvalue weighted by Gasteiger charge is 2.10. The van der Waals surface area contributed by atoms with Gasteiger partial charge in [-0.25, -0.2) is 0 Å². The molecule has 2 nitrogen and oxygen atoms in total. The van der Waals surface area contributed by atoms with E-state index in [1.54, 1.807) is 0 Å². The Morgan fingerprint density at radius 1 is 1.12 bits per heavy atom. The van der Waals surface area contributed by atoms with E-state index in [2.05, 4.69) is 42.0 Å². The van der Waals surface area contributed by atoms with Crippen molar-refractivity contribution in [2.45, 2.75) is 70.5 Å². The first-order valence-electron chi connectivity index (χ1n) is 6.98. The molecule has 1 amide bonds. The molecule has 102 valence electrons. The quantitative estimate of drug-likeness (QED) is 0.474. The molecular weight excluding hydrogens is 278 g/mol. The zero-order valence-electron chi connectivity index (χ0n) is 11.6. The Morgan fingerprint density at radius 2 is 1.71 bits per heavy atom. The molecule has 0 saturated heterocycles. The highest BCUT2D eigenvalue weighted by Crippen LogP contribution is 2.10. The van der Waals surface area contributed by atoms with Crippen molar-refractivity contribution < 1.29 is 4.79 Å². The first-order valence-corrected chi connectivity index (χ1v) is 7.90. The summed E-state index contributed by atoms with van der Waals surface area (Å²) in [4.78, 5) is 11.9. The minimum atomic E-state index is 0.200. The third-order valence-electron chi connectivity index (χ3n) is 2.98. The van der Waals surface area contributed by atoms with Gasteiger partial charge in [-0.1, -0.05) is 68.8 Å². The molecule has 1 N–H and O–H groups in total. The summed E-state index contributed by atoms with van der Waals surface area (Å²) in [6.45, 7) is 7.27. The highest BCUT2D eigenvalue weighted by molar-refractivity contribution is 9.09. The molecule has 0 aliphatic heterocycles. The lowest BCUT2D eigenvalue weighted by atomic mass is 10.1. The Kier molecular flexibility index (Phi) is 11.0. The molecule has 0 aromatic carbocycles. The number of hydrogen-bond donors (Lipinski definition) is 1. The van der Waals surface area contributed by atoms with Gasteiger partial charge in [0.25, 0.3) is 0 Å². The van der Waals surface area contributed by atoms with Crippen molar-refractivity contribution in [2.24, 2.45) is 5.92 Å². The second-order valence-corrected chi connectivity index (χ2v) is 6.26. The molecule has 0 saturated carbocycles. The van der Waals surface area contributed by atoms with Crippen LogP contribution in [0.1, 0.15) is 65.7 Å². The maximum Gasteiger partial charge on any atom is 0.220 e. The smallest absolute Gasteiger partial charge is 0.220 e. The standard InChI is InChI=1S/C14H28BrNO/c1-4-5-6-7-8-9-10-14(17)16-11-13(15)12(2)3/h12-13H,4-11H2,1-3H3,(H,16,17). The van der Waals surface area contributed by atoms with Crippen molar-refractivity contribution >= 4 is 21.8 Å². The number of nitrogens with one attached hydrogen (secondary N) is 1. The monoisotopic (exact) mass is 305 g/mol. The van der Waals surface area contributed by atoms with E-state index < -0.39 is 0 Å². The van der Waals surface area contributed by atoms with E-state index in [1.807, 2.05) is 0 Å². The van der Waals surface area contributed by atoms with Gasteiger partial charge in [-0.15, -0.1) is 0 Å². The van der Waals surface area contributed by atoms with Crippen LogP contribution in [0.5, 0.6) is 0 Å². The molecule has 0 spiro atoms. The third kappa shape index (κ3) is 10.8. The number of unbranched alkanes of at least 4 members (excludes halogenated alkanes) is 5. The zero-order chi connectivity index (χ0) is 13.1. The number of amides is 1. The molecular formula is C14H28BrNO. The molecule has 3 heteroatoms. The maximum atomic E-state index is 11.5. The number of carbonyl (C=O) groups excluding carboxylic acids is 1. The average molecular weight is 306 g/mol. The van der Waals surface area contributed by atoms with Crippen LogP contribution in [0.4, 0.5) is 0 Å². The predicted molar refractivity (Wildman–Crippen MR) is 78.6 cm³/mol. The normalized spacial score (nSPS) is 12.8. The summed E-state index contributed by atoms with van der Waals surface area (Å²) >= 11 is 3.57. The Hall–Kier alpha value is -0.0500. The minimum absolute atomic E-state index is 0.200. The van der Waals surface area contributed by atoms with Crippen molar-refractivity contribution in [3.63, 3.8) is 0 Å². The van der Waals surface area contributed by atoms with Crippen molar-refractivity contribution in [1.82, 2.24) is 5.32 Å². The molecule has 0 aromatic rings. The third-order valence-corrected chi connectivity index (χ3v) is 4.36. The molecule has 0 heterocycles. The fraction of sp³-hybridized carbons (Fsp3) is 0.929. The first-order chi connectivity index (χ1) is 8.07. The highest BCUT2D eigenvalue weighted by atomic mass is 79.9. The molecule has 0 radical (unpaired) electrons. The molecule has 0 bridgehead atoms. The summed E-state index contributed by atoms with van der Waals surface area (Å²) in [5.74, 6) is 0.759. The Bertz CT molecular complexity index is 195. The molecule has 1 atom stereocenters. The van der Waals surface area contributed by atoms with Gasteiger partial charge in [-0.2, -0.15) is 0 Å². The summed E-state index contributed by atoms with van der Waals surface area (Å²) in [7, 11) is 0. The van der Waals surface area contributed by atoms with Gasteiger partial charge in [0.15, 0.2) is 0 Å². The predicted octanol–water partition coefficient (Wildman–Crippen LogP) is 4.27. The van der Waals surface area contributed by atoms with Crippen LogP contribution in [0.25, 0.3) is 0 Å². The summed E-state index contributed by atoms with van der Waals surface area (Å²) in [6, 6.07) is 0. The maximum absolute atomic E-state index is 11.5. The summed E-state index contributed by atoms with van der Waals surface area (Å²) in [5.41, 5.74) is 0. The lowest BCUT2D eigenvalue weighted by Gasteiger charge is -2.14. The van der Waals surface area contributed by atoms with Gasteiger partial charge in [0.1, 0.15) is 0 Å². The van der Waals surface area contributed by atoms with E-state index in [-0.39, 0.29) is 5.91 Å². The summed E-state index contributed by atoms with van der Waals surface area (Å²) in [6.07, 6.45) is 8.10. The van der Waals surface area contributed by atoms with Crippen LogP contribution in [-0.2, 0) is 4.79 Å². The van der Waals surface area contributed by atoms with Crippen LogP contribution < -0.4 is 5.32 Å². The topological polar surface area (TPSA) is 29.1 Å². The van der Waals surface area contributed by atoms with Crippen molar-refractivity contribution in [3.8, 4) is 0 Å². The van der Waals surface area contributed by atoms with E-state index in [0.717, 1.165) is 13.0 Å². The Labute approximate surface area is 115 Å². The summed E-state index contributed by atoms with van der Waals surface area (Å²) < 4.78 is 0. The number of rotatable bonds is 10. The van der Waals surface area contributed by atoms with Crippen LogP contribution in [0.15, 0.2) is 0 Å². The molecule has 1 unspecified atom stereocenters. The molecule has 0 rings (SSSR count). The number of carbonyl (C=O) groups is 1. The van der Waals surface area contributed by atoms with Gasteiger partial charge >= 0.3 is 0 Å². The zero-order valence-corrected chi connectivity index (χ0v) is 13.2. The first kappa shape index (κ1) is 16.9. The fourth-order valence-electron chi connectivity index (χ4n) is 1.60. The van der Waals surface area contributed by atoms with Crippen molar-refractivity contribution in [2.75, 3.05) is 6.54 Å². The van der Waals surface area contributed by atoms with Crippen molar-refractivity contribution in [3.05, 3.63) is 0 Å². The van der Waals surface area contributed by atoms with Gasteiger partial charge < -0.3 is 5.32 Å². The van der Waals surface area contributed by atoms with Crippen LogP contribution in [0.3, 0.4) is 0 Å². The van der Waals surface area contributed by atoms with Gasteiger partial charge in [0.2, 0.25) is 5.91 Å². The Morgan fingerprint density at radius 3 is 2.29 bits per heavy atom. The van der Waals surface area contributed by atoms with Gasteiger partial charge in [-0.3, -0.25) is 4.79 Å². The molecule has 0 aromatic heterocycles. The molecule has 17 heavy (non-hydrogen) atoms. The minimum Gasteiger partial charge on any atom is -0.355 e. The Balaban J connectivity index is 3.35. The number of halogens is 1. The number of alkyl halides is 1. The molecule has 0 fully saturated rings. The lowest BCUT2D eigenvalue weighted by Crippen LogP contribution is -2.31. The largest absolute Gasteiger partial charge is 0.355 e. The van der Waals surface area contributed by atoms with Crippen LogP contribution in [-0.4, -0.2) is 17.3 Å². The van der Waals surface area contributed by atoms with E-state index >= 15 is 0 Å².